The molecule has 0 aromatic heterocycles. The zero-order valence-corrected chi connectivity index (χ0v) is 15.3. The van der Waals surface area contributed by atoms with Gasteiger partial charge in [-0.2, -0.15) is 0 Å². The fourth-order valence-corrected chi connectivity index (χ4v) is 3.42. The average Bonchev–Trinajstić information content (AvgIpc) is 2.63. The Morgan fingerprint density at radius 3 is 2.67 bits per heavy atom. The van der Waals surface area contributed by atoms with Crippen molar-refractivity contribution in [3.63, 3.8) is 0 Å². The van der Waals surface area contributed by atoms with Crippen molar-refractivity contribution >= 4 is 33.5 Å². The van der Waals surface area contributed by atoms with Crippen LogP contribution < -0.4 is 9.64 Å². The fraction of sp³-hybridized carbons (Fsp3) is 0.316. The van der Waals surface area contributed by atoms with Crippen LogP contribution in [0.25, 0.3) is 0 Å². The van der Waals surface area contributed by atoms with Gasteiger partial charge in [-0.15, -0.1) is 0 Å². The van der Waals surface area contributed by atoms with Crippen molar-refractivity contribution in [3.8, 4) is 11.5 Å². The predicted octanol–water partition coefficient (Wildman–Crippen LogP) is 4.90. The number of aromatic hydroxyl groups is 1. The monoisotopic (exact) mass is 388 g/mol. The quantitative estimate of drug-likeness (QED) is 0.757. The number of aliphatic imine (C=N–C) groups is 1. The molecular formula is C19H21BrN2O2. The Bertz CT molecular complexity index is 740. The molecule has 0 radical (unpaired) electrons. The van der Waals surface area contributed by atoms with Crippen LogP contribution in [0.2, 0.25) is 0 Å². The van der Waals surface area contributed by atoms with Gasteiger partial charge in [0.05, 0.1) is 18.5 Å². The van der Waals surface area contributed by atoms with Crippen molar-refractivity contribution in [2.24, 2.45) is 4.99 Å². The molecule has 5 heteroatoms. The molecule has 24 heavy (non-hydrogen) atoms. The Labute approximate surface area is 150 Å². The van der Waals surface area contributed by atoms with Crippen molar-refractivity contribution < 1.29 is 9.84 Å². The number of rotatable bonds is 4. The molecule has 3 rings (SSSR count). The summed E-state index contributed by atoms with van der Waals surface area (Å²) < 4.78 is 6.02. The van der Waals surface area contributed by atoms with E-state index >= 15 is 0 Å². The molecule has 1 N–H and O–H groups in total. The molecule has 1 heterocycles. The molecule has 1 fully saturated rings. The second-order valence-corrected chi connectivity index (χ2v) is 6.76. The number of nitrogens with zero attached hydrogens (tertiary/aromatic N) is 2. The van der Waals surface area contributed by atoms with E-state index in [9.17, 15) is 5.11 Å². The van der Waals surface area contributed by atoms with Crippen LogP contribution >= 0.6 is 15.9 Å². The Morgan fingerprint density at radius 2 is 1.92 bits per heavy atom. The lowest BCUT2D eigenvalue weighted by atomic mass is 10.1. The largest absolute Gasteiger partial charge is 0.504 e. The van der Waals surface area contributed by atoms with Gasteiger partial charge in [-0.3, -0.25) is 4.99 Å². The van der Waals surface area contributed by atoms with Crippen molar-refractivity contribution in [2.45, 2.75) is 19.3 Å². The third-order valence-electron chi connectivity index (χ3n) is 4.21. The van der Waals surface area contributed by atoms with E-state index in [4.69, 9.17) is 4.74 Å². The van der Waals surface area contributed by atoms with Crippen LogP contribution in [0.15, 0.2) is 45.9 Å². The van der Waals surface area contributed by atoms with Crippen molar-refractivity contribution in [1.29, 1.82) is 0 Å². The minimum absolute atomic E-state index is 0.0971. The second-order valence-electron chi connectivity index (χ2n) is 5.84. The van der Waals surface area contributed by atoms with Crippen LogP contribution in [0.4, 0.5) is 11.4 Å². The van der Waals surface area contributed by atoms with Gasteiger partial charge in [-0.05, 0) is 43.5 Å². The summed E-state index contributed by atoms with van der Waals surface area (Å²) in [6, 6.07) is 11.7. The van der Waals surface area contributed by atoms with Gasteiger partial charge in [0.1, 0.15) is 0 Å². The molecule has 0 aliphatic carbocycles. The van der Waals surface area contributed by atoms with E-state index in [0.717, 1.165) is 28.9 Å². The lowest BCUT2D eigenvalue weighted by Crippen LogP contribution is -2.29. The summed E-state index contributed by atoms with van der Waals surface area (Å²) in [7, 11) is 1.54. The Hall–Kier alpha value is -2.01. The Balaban J connectivity index is 1.91. The first-order chi connectivity index (χ1) is 11.7. The number of phenolic OH excluding ortho intramolecular Hbond substituents is 1. The van der Waals surface area contributed by atoms with Gasteiger partial charge in [0.2, 0.25) is 0 Å². The Morgan fingerprint density at radius 1 is 1.17 bits per heavy atom. The topological polar surface area (TPSA) is 45.1 Å². The molecule has 2 aromatic rings. The molecule has 0 amide bonds. The lowest BCUT2D eigenvalue weighted by Gasteiger charge is -2.29. The maximum Gasteiger partial charge on any atom is 0.166 e. The number of phenols is 1. The molecule has 1 aliphatic rings. The summed E-state index contributed by atoms with van der Waals surface area (Å²) in [5.41, 5.74) is 2.68. The predicted molar refractivity (Wildman–Crippen MR) is 102 cm³/mol. The molecule has 0 saturated carbocycles. The average molecular weight is 389 g/mol. The summed E-state index contributed by atoms with van der Waals surface area (Å²) >= 11 is 3.43. The third kappa shape index (κ3) is 3.73. The van der Waals surface area contributed by atoms with Crippen LogP contribution in [-0.2, 0) is 0 Å². The number of para-hydroxylation sites is 2. The maximum absolute atomic E-state index is 10.3. The molecule has 0 atom stereocenters. The zero-order valence-electron chi connectivity index (χ0n) is 13.7. The molecule has 0 bridgehead atoms. The van der Waals surface area contributed by atoms with Crippen molar-refractivity contribution in [1.82, 2.24) is 0 Å². The highest BCUT2D eigenvalue weighted by Crippen LogP contribution is 2.34. The van der Waals surface area contributed by atoms with Crippen LogP contribution in [0.3, 0.4) is 0 Å². The summed E-state index contributed by atoms with van der Waals surface area (Å²) in [4.78, 5) is 7.01. The van der Waals surface area contributed by atoms with Gasteiger partial charge in [-0.25, -0.2) is 0 Å². The smallest absolute Gasteiger partial charge is 0.166 e. The molecule has 2 aromatic carbocycles. The second kappa shape index (κ2) is 7.71. The maximum atomic E-state index is 10.3. The van der Waals surface area contributed by atoms with Gasteiger partial charge in [0.25, 0.3) is 0 Å². The zero-order chi connectivity index (χ0) is 16.9. The Kier molecular flexibility index (Phi) is 5.41. The first-order valence-corrected chi connectivity index (χ1v) is 8.93. The number of methoxy groups -OCH3 is 1. The summed E-state index contributed by atoms with van der Waals surface area (Å²) in [5, 5.41) is 10.3. The van der Waals surface area contributed by atoms with E-state index in [2.05, 4.69) is 31.9 Å². The molecule has 4 nitrogen and oxygen atoms in total. The SMILES string of the molecule is COc1cc(Br)cc(C=Nc2ccccc2N2CCCCC2)c1O. The van der Waals surface area contributed by atoms with E-state index in [1.807, 2.05) is 24.3 Å². The van der Waals surface area contributed by atoms with Gasteiger partial charge in [0.15, 0.2) is 11.5 Å². The van der Waals surface area contributed by atoms with E-state index in [0.29, 0.717) is 11.3 Å². The summed E-state index contributed by atoms with van der Waals surface area (Å²) in [5.74, 6) is 0.523. The number of ether oxygens (including phenoxy) is 1. The van der Waals surface area contributed by atoms with E-state index < -0.39 is 0 Å². The van der Waals surface area contributed by atoms with Crippen LogP contribution in [0, 0.1) is 0 Å². The highest BCUT2D eigenvalue weighted by Gasteiger charge is 2.14. The third-order valence-corrected chi connectivity index (χ3v) is 4.67. The summed E-state index contributed by atoms with van der Waals surface area (Å²) in [6.45, 7) is 2.14. The van der Waals surface area contributed by atoms with Gasteiger partial charge < -0.3 is 14.7 Å². The lowest BCUT2D eigenvalue weighted by molar-refractivity contribution is 0.373. The van der Waals surface area contributed by atoms with Gasteiger partial charge in [-0.1, -0.05) is 28.1 Å². The van der Waals surface area contributed by atoms with Gasteiger partial charge >= 0.3 is 0 Å². The van der Waals surface area contributed by atoms with Crippen molar-refractivity contribution in [3.05, 3.63) is 46.4 Å². The molecule has 1 aliphatic heterocycles. The highest BCUT2D eigenvalue weighted by molar-refractivity contribution is 9.10. The number of benzene rings is 2. The molecule has 0 unspecified atom stereocenters. The molecule has 126 valence electrons. The standard InChI is InChI=1S/C19H21BrN2O2/c1-24-18-12-15(20)11-14(19(18)23)13-21-16-7-3-4-8-17(16)22-9-5-2-6-10-22/h3-4,7-8,11-13,23H,2,5-6,9-10H2,1H3. The number of hydrogen-bond acceptors (Lipinski definition) is 4. The first-order valence-electron chi connectivity index (χ1n) is 8.13. The van der Waals surface area contributed by atoms with Crippen LogP contribution in [0.1, 0.15) is 24.8 Å². The minimum atomic E-state index is 0.0971. The van der Waals surface area contributed by atoms with Crippen molar-refractivity contribution in [2.75, 3.05) is 25.1 Å². The minimum Gasteiger partial charge on any atom is -0.504 e. The van der Waals surface area contributed by atoms with Gasteiger partial charge in [0, 0.05) is 29.3 Å². The summed E-state index contributed by atoms with van der Waals surface area (Å²) in [6.07, 6.45) is 5.43. The normalized spacial score (nSPS) is 15.0. The van der Waals surface area contributed by atoms with E-state index in [1.165, 1.54) is 26.4 Å². The molecular weight excluding hydrogens is 368 g/mol. The van der Waals surface area contributed by atoms with E-state index in [1.54, 1.807) is 12.3 Å². The number of halogens is 1. The number of anilines is 1. The first kappa shape index (κ1) is 16.8. The van der Waals surface area contributed by atoms with Crippen LogP contribution in [-0.4, -0.2) is 31.5 Å². The number of hydrogen-bond donors (Lipinski definition) is 1. The molecule has 1 saturated heterocycles. The number of piperidine rings is 1. The fourth-order valence-electron chi connectivity index (χ4n) is 2.96. The molecule has 0 spiro atoms. The van der Waals surface area contributed by atoms with E-state index in [-0.39, 0.29) is 5.75 Å². The van der Waals surface area contributed by atoms with Crippen LogP contribution in [0.5, 0.6) is 11.5 Å². The highest BCUT2D eigenvalue weighted by atomic mass is 79.9.